The Hall–Kier alpha value is -1.12. The van der Waals surface area contributed by atoms with Crippen molar-refractivity contribution in [3.63, 3.8) is 0 Å². The first-order valence-corrected chi connectivity index (χ1v) is 8.14. The summed E-state index contributed by atoms with van der Waals surface area (Å²) in [6.45, 7) is 2.25. The Kier molecular flexibility index (Phi) is 4.23. The molecule has 1 N–H and O–H groups in total. The molecule has 0 amide bonds. The van der Waals surface area contributed by atoms with Crippen molar-refractivity contribution in [1.82, 2.24) is 5.32 Å². The molecule has 0 spiro atoms. The van der Waals surface area contributed by atoms with Crippen molar-refractivity contribution in [1.29, 1.82) is 0 Å². The monoisotopic (exact) mass is 329 g/mol. The maximum atomic E-state index is 3.83. The molecular formula is C18H20BrN. The highest BCUT2D eigenvalue weighted by Crippen LogP contribution is 2.26. The van der Waals surface area contributed by atoms with Crippen LogP contribution in [0.15, 0.2) is 53.0 Å². The summed E-state index contributed by atoms with van der Waals surface area (Å²) in [5.74, 6) is 0. The topological polar surface area (TPSA) is 12.0 Å². The summed E-state index contributed by atoms with van der Waals surface area (Å²) in [6, 6.07) is 18.5. The summed E-state index contributed by atoms with van der Waals surface area (Å²) in [5, 5.41) is 3.83. The van der Waals surface area contributed by atoms with Gasteiger partial charge in [-0.25, -0.2) is 0 Å². The number of benzene rings is 2. The van der Waals surface area contributed by atoms with Crippen LogP contribution >= 0.6 is 15.9 Å². The Morgan fingerprint density at radius 2 is 1.65 bits per heavy atom. The van der Waals surface area contributed by atoms with Crippen molar-refractivity contribution in [2.75, 3.05) is 0 Å². The lowest BCUT2D eigenvalue weighted by atomic mass is 10.0. The molecule has 0 heterocycles. The van der Waals surface area contributed by atoms with E-state index < -0.39 is 0 Å². The first-order chi connectivity index (χ1) is 9.76. The van der Waals surface area contributed by atoms with Gasteiger partial charge in [-0.05, 0) is 48.1 Å². The summed E-state index contributed by atoms with van der Waals surface area (Å²) >= 11 is 3.50. The van der Waals surface area contributed by atoms with Crippen LogP contribution in [0.2, 0.25) is 0 Å². The van der Waals surface area contributed by atoms with Gasteiger partial charge in [-0.1, -0.05) is 59.3 Å². The van der Waals surface area contributed by atoms with E-state index >= 15 is 0 Å². The van der Waals surface area contributed by atoms with Crippen molar-refractivity contribution in [2.45, 2.75) is 38.3 Å². The van der Waals surface area contributed by atoms with E-state index in [0.29, 0.717) is 12.1 Å². The van der Waals surface area contributed by atoms with Gasteiger partial charge in [0.15, 0.2) is 0 Å². The lowest BCUT2D eigenvalue weighted by Gasteiger charge is -2.22. The molecule has 1 aliphatic rings. The van der Waals surface area contributed by atoms with Gasteiger partial charge in [0, 0.05) is 16.6 Å². The van der Waals surface area contributed by atoms with Gasteiger partial charge in [0.2, 0.25) is 0 Å². The largest absolute Gasteiger partial charge is 0.307 e. The van der Waals surface area contributed by atoms with Crippen LogP contribution < -0.4 is 5.32 Å². The van der Waals surface area contributed by atoms with Crippen LogP contribution in [0, 0.1) is 0 Å². The molecule has 1 unspecified atom stereocenters. The van der Waals surface area contributed by atoms with Crippen molar-refractivity contribution >= 4 is 15.9 Å². The number of halogens is 1. The molecule has 1 nitrogen and oxygen atoms in total. The van der Waals surface area contributed by atoms with E-state index in [4.69, 9.17) is 0 Å². The quantitative estimate of drug-likeness (QED) is 0.860. The molecule has 0 aliphatic heterocycles. The smallest absolute Gasteiger partial charge is 0.0320 e. The zero-order valence-electron chi connectivity index (χ0n) is 11.8. The first-order valence-electron chi connectivity index (χ1n) is 7.34. The van der Waals surface area contributed by atoms with Crippen LogP contribution in [0.3, 0.4) is 0 Å². The van der Waals surface area contributed by atoms with Crippen molar-refractivity contribution < 1.29 is 0 Å². The Morgan fingerprint density at radius 3 is 2.20 bits per heavy atom. The average molecular weight is 330 g/mol. The minimum absolute atomic E-state index is 0.447. The fourth-order valence-corrected chi connectivity index (χ4v) is 3.37. The maximum absolute atomic E-state index is 3.83. The molecule has 104 valence electrons. The Balaban J connectivity index is 1.69. The van der Waals surface area contributed by atoms with E-state index in [9.17, 15) is 0 Å². The number of hydrogen-bond donors (Lipinski definition) is 1. The maximum Gasteiger partial charge on any atom is 0.0320 e. The normalized spacial score (nSPS) is 16.1. The lowest BCUT2D eigenvalue weighted by molar-refractivity contribution is 0.435. The predicted molar refractivity (Wildman–Crippen MR) is 87.9 cm³/mol. The van der Waals surface area contributed by atoms with Gasteiger partial charge >= 0.3 is 0 Å². The second kappa shape index (κ2) is 6.11. The fourth-order valence-electron chi connectivity index (χ4n) is 3.11. The Labute approximate surface area is 129 Å². The molecule has 0 saturated carbocycles. The zero-order chi connectivity index (χ0) is 13.9. The minimum atomic E-state index is 0.447. The Morgan fingerprint density at radius 1 is 1.05 bits per heavy atom. The molecule has 2 aromatic carbocycles. The van der Waals surface area contributed by atoms with Crippen LogP contribution in [0.25, 0.3) is 0 Å². The van der Waals surface area contributed by atoms with Crippen LogP contribution in [0.4, 0.5) is 0 Å². The van der Waals surface area contributed by atoms with Crippen molar-refractivity contribution in [3.05, 3.63) is 69.7 Å². The number of nitrogens with one attached hydrogen (secondary N) is 1. The van der Waals surface area contributed by atoms with Gasteiger partial charge in [-0.2, -0.15) is 0 Å². The molecule has 0 radical (unpaired) electrons. The van der Waals surface area contributed by atoms with Crippen LogP contribution in [-0.2, 0) is 12.8 Å². The number of hydrogen-bond acceptors (Lipinski definition) is 1. The molecule has 2 aromatic rings. The van der Waals surface area contributed by atoms with Gasteiger partial charge in [-0.15, -0.1) is 0 Å². The molecule has 0 saturated heterocycles. The van der Waals surface area contributed by atoms with Crippen LogP contribution in [-0.4, -0.2) is 6.04 Å². The summed E-state index contributed by atoms with van der Waals surface area (Å²) in [5.41, 5.74) is 4.40. The van der Waals surface area contributed by atoms with Gasteiger partial charge in [0.05, 0.1) is 0 Å². The van der Waals surface area contributed by atoms with E-state index in [1.165, 1.54) is 16.7 Å². The zero-order valence-corrected chi connectivity index (χ0v) is 13.4. The third kappa shape index (κ3) is 2.97. The molecule has 3 rings (SSSR count). The highest BCUT2D eigenvalue weighted by molar-refractivity contribution is 9.10. The SMILES string of the molecule is CCC(NC1Cc2ccccc2C1)c1ccc(Br)cc1. The van der Waals surface area contributed by atoms with E-state index in [1.54, 1.807) is 0 Å². The molecule has 1 atom stereocenters. The van der Waals surface area contributed by atoms with E-state index in [1.807, 2.05) is 0 Å². The third-order valence-electron chi connectivity index (χ3n) is 4.17. The standard InChI is InChI=1S/C18H20BrN/c1-2-18(13-7-9-16(19)10-8-13)20-17-11-14-5-3-4-6-15(14)12-17/h3-10,17-18,20H,2,11-12H2,1H3. The second-order valence-electron chi connectivity index (χ2n) is 5.55. The predicted octanol–water partition coefficient (Wildman–Crippen LogP) is 4.66. The molecule has 1 aliphatic carbocycles. The Bertz CT molecular complexity index is 551. The van der Waals surface area contributed by atoms with Gasteiger partial charge in [-0.3, -0.25) is 0 Å². The minimum Gasteiger partial charge on any atom is -0.307 e. The van der Waals surface area contributed by atoms with E-state index in [0.717, 1.165) is 23.7 Å². The molecule has 20 heavy (non-hydrogen) atoms. The van der Waals surface area contributed by atoms with Gasteiger partial charge in [0.1, 0.15) is 0 Å². The molecular weight excluding hydrogens is 310 g/mol. The number of fused-ring (bicyclic) bond motifs is 1. The highest BCUT2D eigenvalue weighted by atomic mass is 79.9. The van der Waals surface area contributed by atoms with E-state index in [2.05, 4.69) is 76.7 Å². The highest BCUT2D eigenvalue weighted by Gasteiger charge is 2.23. The average Bonchev–Trinajstić information content (AvgIpc) is 2.88. The molecule has 0 aromatic heterocycles. The van der Waals surface area contributed by atoms with Crippen molar-refractivity contribution in [3.8, 4) is 0 Å². The van der Waals surface area contributed by atoms with Gasteiger partial charge < -0.3 is 5.32 Å². The third-order valence-corrected chi connectivity index (χ3v) is 4.70. The number of rotatable bonds is 4. The second-order valence-corrected chi connectivity index (χ2v) is 6.47. The summed E-state index contributed by atoms with van der Waals surface area (Å²) < 4.78 is 1.14. The lowest BCUT2D eigenvalue weighted by Crippen LogP contribution is -2.33. The summed E-state index contributed by atoms with van der Waals surface area (Å²) in [4.78, 5) is 0. The summed E-state index contributed by atoms with van der Waals surface area (Å²) in [7, 11) is 0. The van der Waals surface area contributed by atoms with Crippen LogP contribution in [0.1, 0.15) is 36.1 Å². The molecule has 2 heteroatoms. The van der Waals surface area contributed by atoms with Crippen LogP contribution in [0.5, 0.6) is 0 Å². The van der Waals surface area contributed by atoms with Crippen molar-refractivity contribution in [2.24, 2.45) is 0 Å². The first kappa shape index (κ1) is 13.8. The summed E-state index contributed by atoms with van der Waals surface area (Å²) in [6.07, 6.45) is 3.43. The molecule has 0 fully saturated rings. The van der Waals surface area contributed by atoms with Gasteiger partial charge in [0.25, 0.3) is 0 Å². The molecule has 0 bridgehead atoms. The fraction of sp³-hybridized carbons (Fsp3) is 0.333. The van der Waals surface area contributed by atoms with E-state index in [-0.39, 0.29) is 0 Å².